The summed E-state index contributed by atoms with van der Waals surface area (Å²) in [6, 6.07) is 7.23. The number of para-hydroxylation sites is 2. The van der Waals surface area contributed by atoms with Gasteiger partial charge in [0.1, 0.15) is 25.0 Å². The molecule has 0 saturated carbocycles. The minimum absolute atomic E-state index is 0.150. The average molecular weight is 363 g/mol. The van der Waals surface area contributed by atoms with Crippen LogP contribution in [0, 0.1) is 12.3 Å². The molecule has 1 fully saturated rings. The van der Waals surface area contributed by atoms with Crippen LogP contribution in [-0.4, -0.2) is 54.3 Å². The first kappa shape index (κ1) is 19.0. The lowest BCUT2D eigenvalue weighted by atomic mass is 10.3. The second-order valence-electron chi connectivity index (χ2n) is 5.14. The van der Waals surface area contributed by atoms with Crippen LogP contribution in [0.25, 0.3) is 0 Å². The first-order valence-electron chi connectivity index (χ1n) is 8.00. The number of terminal acetylenes is 1. The summed E-state index contributed by atoms with van der Waals surface area (Å²) in [6.07, 6.45) is 4.97. The van der Waals surface area contributed by atoms with Crippen molar-refractivity contribution in [3.63, 3.8) is 0 Å². The van der Waals surface area contributed by atoms with Crippen LogP contribution in [0.2, 0.25) is 0 Å². The summed E-state index contributed by atoms with van der Waals surface area (Å²) < 4.78 is 16.1. The van der Waals surface area contributed by atoms with Gasteiger partial charge >= 0.3 is 5.97 Å². The van der Waals surface area contributed by atoms with Gasteiger partial charge in [0, 0.05) is 12.3 Å². The molecule has 0 aromatic heterocycles. The van der Waals surface area contributed by atoms with Crippen molar-refractivity contribution < 1.29 is 23.8 Å². The van der Waals surface area contributed by atoms with Gasteiger partial charge in [0.15, 0.2) is 11.5 Å². The summed E-state index contributed by atoms with van der Waals surface area (Å²) in [5.74, 6) is 3.61. The van der Waals surface area contributed by atoms with E-state index in [-0.39, 0.29) is 30.9 Å². The first-order valence-corrected chi connectivity index (χ1v) is 9.05. The lowest BCUT2D eigenvalue weighted by Crippen LogP contribution is -2.39. The average Bonchev–Trinajstić information content (AvgIpc) is 3.07. The van der Waals surface area contributed by atoms with Crippen LogP contribution in [0.4, 0.5) is 0 Å². The van der Waals surface area contributed by atoms with Crippen molar-refractivity contribution in [3.8, 4) is 23.8 Å². The molecule has 6 nitrogen and oxygen atoms in total. The van der Waals surface area contributed by atoms with Crippen molar-refractivity contribution in [2.45, 2.75) is 18.7 Å². The summed E-state index contributed by atoms with van der Waals surface area (Å²) in [4.78, 5) is 25.4. The van der Waals surface area contributed by atoms with Crippen molar-refractivity contribution in [3.05, 3.63) is 24.3 Å². The monoisotopic (exact) mass is 363 g/mol. The van der Waals surface area contributed by atoms with Gasteiger partial charge in [-0.25, -0.2) is 0 Å². The normalized spacial score (nSPS) is 16.2. The van der Waals surface area contributed by atoms with E-state index in [4.69, 9.17) is 20.6 Å². The molecular weight excluding hydrogens is 342 g/mol. The molecule has 0 aliphatic carbocycles. The van der Waals surface area contributed by atoms with Gasteiger partial charge in [-0.3, -0.25) is 9.59 Å². The smallest absolute Gasteiger partial charge is 0.315 e. The molecule has 0 radical (unpaired) electrons. The molecule has 1 aromatic carbocycles. The van der Waals surface area contributed by atoms with Crippen LogP contribution in [0.1, 0.15) is 13.3 Å². The highest BCUT2D eigenvalue weighted by Gasteiger charge is 2.31. The molecule has 0 bridgehead atoms. The number of benzene rings is 1. The molecule has 0 spiro atoms. The third kappa shape index (κ3) is 5.61. The molecule has 1 aromatic rings. The number of carbonyl (C=O) groups excluding carboxylic acids is 2. The van der Waals surface area contributed by atoms with E-state index in [0.717, 1.165) is 5.75 Å². The zero-order valence-corrected chi connectivity index (χ0v) is 14.9. The second kappa shape index (κ2) is 9.84. The Morgan fingerprint density at radius 3 is 2.72 bits per heavy atom. The molecule has 1 aliphatic rings. The van der Waals surface area contributed by atoms with Crippen LogP contribution in [0.5, 0.6) is 11.5 Å². The number of nitrogens with zero attached hydrogens (tertiary/aromatic N) is 1. The molecule has 1 unspecified atom stereocenters. The quantitative estimate of drug-likeness (QED) is 0.399. The number of esters is 1. The fourth-order valence-electron chi connectivity index (χ4n) is 2.35. The van der Waals surface area contributed by atoms with Crippen molar-refractivity contribution >= 4 is 23.6 Å². The highest BCUT2D eigenvalue weighted by atomic mass is 32.2. The zero-order chi connectivity index (χ0) is 18.1. The van der Waals surface area contributed by atoms with E-state index in [9.17, 15) is 9.59 Å². The van der Waals surface area contributed by atoms with Crippen LogP contribution in [-0.2, 0) is 14.3 Å². The predicted molar refractivity (Wildman–Crippen MR) is 95.5 cm³/mol. The van der Waals surface area contributed by atoms with E-state index in [1.165, 1.54) is 0 Å². The van der Waals surface area contributed by atoms with Crippen molar-refractivity contribution in [1.82, 2.24) is 4.90 Å². The zero-order valence-electron chi connectivity index (χ0n) is 14.1. The number of ether oxygens (including phenoxy) is 3. The number of rotatable bonds is 8. The molecule has 25 heavy (non-hydrogen) atoms. The van der Waals surface area contributed by atoms with Crippen molar-refractivity contribution in [2.24, 2.45) is 0 Å². The first-order chi connectivity index (χ1) is 12.2. The van der Waals surface area contributed by atoms with Gasteiger partial charge in [-0.2, -0.15) is 0 Å². The Morgan fingerprint density at radius 1 is 1.32 bits per heavy atom. The van der Waals surface area contributed by atoms with Gasteiger partial charge in [0.25, 0.3) is 0 Å². The summed E-state index contributed by atoms with van der Waals surface area (Å²) in [5.41, 5.74) is 0. The summed E-state index contributed by atoms with van der Waals surface area (Å²) in [6.45, 7) is 3.02. The van der Waals surface area contributed by atoms with Gasteiger partial charge in [0.05, 0.1) is 6.61 Å². The molecule has 0 N–H and O–H groups in total. The van der Waals surface area contributed by atoms with E-state index >= 15 is 0 Å². The number of amides is 1. The van der Waals surface area contributed by atoms with Crippen LogP contribution in [0.3, 0.4) is 0 Å². The van der Waals surface area contributed by atoms with Gasteiger partial charge in [0.2, 0.25) is 5.91 Å². The Bertz CT molecular complexity index is 643. The lowest BCUT2D eigenvalue weighted by molar-refractivity contribution is -0.148. The Labute approximate surface area is 151 Å². The van der Waals surface area contributed by atoms with E-state index < -0.39 is 5.97 Å². The lowest BCUT2D eigenvalue weighted by Gasteiger charge is -2.24. The van der Waals surface area contributed by atoms with E-state index in [1.54, 1.807) is 35.7 Å². The maximum absolute atomic E-state index is 12.3. The topological polar surface area (TPSA) is 65.1 Å². The summed E-state index contributed by atoms with van der Waals surface area (Å²) in [5, 5.41) is -0.150. The third-order valence-electron chi connectivity index (χ3n) is 3.45. The number of hydrogen-bond acceptors (Lipinski definition) is 6. The molecule has 7 heteroatoms. The van der Waals surface area contributed by atoms with Gasteiger partial charge in [-0.15, -0.1) is 18.2 Å². The van der Waals surface area contributed by atoms with Gasteiger partial charge in [-0.05, 0) is 19.1 Å². The molecular formula is C18H21NO5S. The largest absolute Gasteiger partial charge is 0.487 e. The summed E-state index contributed by atoms with van der Waals surface area (Å²) in [7, 11) is 0. The number of hydrogen-bond donors (Lipinski definition) is 0. The van der Waals surface area contributed by atoms with Gasteiger partial charge < -0.3 is 19.1 Å². The molecule has 1 heterocycles. The Balaban J connectivity index is 1.92. The Kier molecular flexibility index (Phi) is 7.48. The summed E-state index contributed by atoms with van der Waals surface area (Å²) >= 11 is 1.62. The van der Waals surface area contributed by atoms with Crippen molar-refractivity contribution in [1.29, 1.82) is 0 Å². The fraction of sp³-hybridized carbons (Fsp3) is 0.444. The Morgan fingerprint density at radius 2 is 2.04 bits per heavy atom. The number of thioether (sulfide) groups is 1. The van der Waals surface area contributed by atoms with E-state index in [2.05, 4.69) is 5.92 Å². The van der Waals surface area contributed by atoms with E-state index in [0.29, 0.717) is 24.7 Å². The number of carbonyl (C=O) groups is 2. The maximum atomic E-state index is 12.3. The van der Waals surface area contributed by atoms with Crippen LogP contribution < -0.4 is 9.47 Å². The highest BCUT2D eigenvalue weighted by molar-refractivity contribution is 8.00. The fourth-order valence-corrected chi connectivity index (χ4v) is 3.49. The minimum Gasteiger partial charge on any atom is -0.487 e. The van der Waals surface area contributed by atoms with Crippen molar-refractivity contribution in [2.75, 3.05) is 32.1 Å². The van der Waals surface area contributed by atoms with Crippen LogP contribution in [0.15, 0.2) is 24.3 Å². The Hall–Kier alpha value is -2.33. The molecule has 1 saturated heterocycles. The SMILES string of the molecule is C#CCOc1ccccc1OCC1SCCN1C(=O)CC(=O)OCC. The maximum Gasteiger partial charge on any atom is 0.315 e. The second-order valence-corrected chi connectivity index (χ2v) is 6.43. The molecule has 1 aliphatic heterocycles. The van der Waals surface area contributed by atoms with E-state index in [1.807, 2.05) is 12.1 Å². The molecule has 134 valence electrons. The predicted octanol–water partition coefficient (Wildman–Crippen LogP) is 1.93. The molecule has 1 amide bonds. The highest BCUT2D eigenvalue weighted by Crippen LogP contribution is 2.29. The minimum atomic E-state index is -0.503. The molecule has 2 rings (SSSR count). The van der Waals surface area contributed by atoms with Crippen LogP contribution >= 0.6 is 11.8 Å². The standard InChI is InChI=1S/C18H21NO5S/c1-3-10-23-14-7-5-6-8-15(14)24-13-17-19(9-11-25-17)16(20)12-18(21)22-4-2/h1,5-8,17H,4,9-13H2,2H3. The van der Waals surface area contributed by atoms with Gasteiger partial charge in [-0.1, -0.05) is 18.1 Å². The third-order valence-corrected chi connectivity index (χ3v) is 4.65. The molecule has 1 atom stereocenters.